The van der Waals surface area contributed by atoms with Crippen LogP contribution in [0.4, 0.5) is 0 Å². The number of rotatable bonds is 5. The molecular formula is C20H20N4O4. The van der Waals surface area contributed by atoms with Gasteiger partial charge in [0, 0.05) is 5.56 Å². The average Bonchev–Trinajstić information content (AvgIpc) is 3.05. The van der Waals surface area contributed by atoms with Gasteiger partial charge in [-0.2, -0.15) is 0 Å². The van der Waals surface area contributed by atoms with Crippen molar-refractivity contribution >= 4 is 11.9 Å². The molecule has 0 saturated carbocycles. The van der Waals surface area contributed by atoms with Gasteiger partial charge < -0.3 is 14.2 Å². The average molecular weight is 380 g/mol. The minimum atomic E-state index is -0.574. The highest BCUT2D eigenvalue weighted by Gasteiger charge is 2.16. The molecule has 0 unspecified atom stereocenters. The molecule has 3 aromatic rings. The summed E-state index contributed by atoms with van der Waals surface area (Å²) in [5.41, 5.74) is 2.36. The fourth-order valence-corrected chi connectivity index (χ4v) is 2.36. The van der Waals surface area contributed by atoms with Crippen molar-refractivity contribution in [1.82, 2.24) is 15.1 Å². The van der Waals surface area contributed by atoms with Crippen molar-refractivity contribution in [2.24, 2.45) is 5.10 Å². The maximum Gasteiger partial charge on any atom is 0.345 e. The van der Waals surface area contributed by atoms with E-state index >= 15 is 0 Å². The molecular weight excluding hydrogens is 360 g/mol. The molecule has 3 rings (SSSR count). The fourth-order valence-electron chi connectivity index (χ4n) is 2.36. The summed E-state index contributed by atoms with van der Waals surface area (Å²) in [6.45, 7) is 3.65. The monoisotopic (exact) mass is 380 g/mol. The summed E-state index contributed by atoms with van der Waals surface area (Å²) in [6.07, 6.45) is 0. The molecule has 1 heterocycles. The molecule has 0 fully saturated rings. The van der Waals surface area contributed by atoms with Crippen LogP contribution in [0.5, 0.6) is 11.5 Å². The van der Waals surface area contributed by atoms with E-state index in [2.05, 4.69) is 15.4 Å². The molecule has 0 amide bonds. The first-order valence-electron chi connectivity index (χ1n) is 8.50. The number of esters is 1. The van der Waals surface area contributed by atoms with Crippen LogP contribution < -0.4 is 9.47 Å². The Balaban J connectivity index is 2.00. The first-order valence-corrected chi connectivity index (χ1v) is 8.50. The first-order chi connectivity index (χ1) is 13.5. The predicted octanol–water partition coefficient (Wildman–Crippen LogP) is 2.98. The summed E-state index contributed by atoms with van der Waals surface area (Å²) < 4.78 is 16.0. The van der Waals surface area contributed by atoms with E-state index in [-0.39, 0.29) is 5.90 Å². The second-order valence-corrected chi connectivity index (χ2v) is 5.91. The van der Waals surface area contributed by atoms with E-state index in [0.29, 0.717) is 22.6 Å². The molecule has 1 aromatic heterocycles. The van der Waals surface area contributed by atoms with Gasteiger partial charge in [-0.25, -0.2) is 4.79 Å². The molecule has 0 radical (unpaired) electrons. The van der Waals surface area contributed by atoms with E-state index < -0.39 is 5.97 Å². The van der Waals surface area contributed by atoms with Crippen molar-refractivity contribution in [3.63, 3.8) is 0 Å². The number of aromatic nitrogens is 3. The van der Waals surface area contributed by atoms with Crippen molar-refractivity contribution < 1.29 is 19.0 Å². The van der Waals surface area contributed by atoms with Crippen LogP contribution in [0.3, 0.4) is 0 Å². The topological polar surface area (TPSA) is 87.8 Å². The van der Waals surface area contributed by atoms with Crippen LogP contribution in [-0.4, -0.2) is 41.2 Å². The summed E-state index contributed by atoms with van der Waals surface area (Å²) in [4.78, 5) is 14.0. The van der Waals surface area contributed by atoms with Crippen LogP contribution in [0.25, 0.3) is 0 Å². The highest BCUT2D eigenvalue weighted by atomic mass is 16.5. The van der Waals surface area contributed by atoms with Gasteiger partial charge in [-0.3, -0.25) is 0 Å². The van der Waals surface area contributed by atoms with Crippen LogP contribution in [0.2, 0.25) is 0 Å². The normalized spacial score (nSPS) is 11.2. The molecule has 0 spiro atoms. The summed E-state index contributed by atoms with van der Waals surface area (Å²) >= 11 is 0. The number of carbonyl (C=O) groups is 1. The van der Waals surface area contributed by atoms with Gasteiger partial charge in [0.2, 0.25) is 5.90 Å². The van der Waals surface area contributed by atoms with Gasteiger partial charge >= 0.3 is 5.97 Å². The summed E-state index contributed by atoms with van der Waals surface area (Å²) in [5.74, 6) is 0.654. The fraction of sp³-hybridized carbons (Fsp3) is 0.200. The Labute approximate surface area is 162 Å². The molecule has 0 aliphatic carbocycles. The first kappa shape index (κ1) is 19.1. The second kappa shape index (κ2) is 8.34. The van der Waals surface area contributed by atoms with Gasteiger partial charge in [0.05, 0.1) is 31.2 Å². The Hall–Kier alpha value is -3.68. The Kier molecular flexibility index (Phi) is 5.69. The predicted molar refractivity (Wildman–Crippen MR) is 103 cm³/mol. The van der Waals surface area contributed by atoms with Gasteiger partial charge in [-0.15, -0.1) is 15.0 Å². The maximum atomic E-state index is 12.7. The zero-order valence-corrected chi connectivity index (χ0v) is 16.0. The Morgan fingerprint density at radius 1 is 0.964 bits per heavy atom. The van der Waals surface area contributed by atoms with Crippen LogP contribution in [0, 0.1) is 13.8 Å². The van der Waals surface area contributed by atoms with Gasteiger partial charge in [-0.1, -0.05) is 12.1 Å². The lowest BCUT2D eigenvalue weighted by Crippen LogP contribution is -2.16. The Morgan fingerprint density at radius 3 is 2.14 bits per heavy atom. The summed E-state index contributed by atoms with van der Waals surface area (Å²) in [7, 11) is 3.09. The summed E-state index contributed by atoms with van der Waals surface area (Å²) in [5, 5.41) is 12.3. The largest absolute Gasteiger partial charge is 0.497 e. The molecule has 0 atom stereocenters. The highest BCUT2D eigenvalue weighted by molar-refractivity contribution is 6.05. The quantitative estimate of drug-likeness (QED) is 0.384. The SMILES string of the molecule is COc1cccc(C(=O)OC(=Nn2nnc(C)c2C)c2cccc(OC)c2)c1. The molecule has 0 bridgehead atoms. The zero-order chi connectivity index (χ0) is 20.1. The van der Waals surface area contributed by atoms with Crippen molar-refractivity contribution in [2.45, 2.75) is 13.8 Å². The van der Waals surface area contributed by atoms with E-state index in [1.165, 1.54) is 11.9 Å². The number of hydrogen-bond donors (Lipinski definition) is 0. The smallest absolute Gasteiger partial charge is 0.345 e. The van der Waals surface area contributed by atoms with E-state index in [4.69, 9.17) is 14.2 Å². The van der Waals surface area contributed by atoms with Crippen molar-refractivity contribution in [3.05, 3.63) is 71.0 Å². The van der Waals surface area contributed by atoms with Crippen LogP contribution in [0.15, 0.2) is 53.6 Å². The van der Waals surface area contributed by atoms with Crippen molar-refractivity contribution in [2.75, 3.05) is 14.2 Å². The number of ether oxygens (including phenoxy) is 3. The van der Waals surface area contributed by atoms with Crippen LogP contribution in [0.1, 0.15) is 27.3 Å². The van der Waals surface area contributed by atoms with Crippen LogP contribution in [-0.2, 0) is 4.74 Å². The number of aryl methyl sites for hydroxylation is 1. The lowest BCUT2D eigenvalue weighted by Gasteiger charge is -2.10. The number of nitrogens with zero attached hydrogens (tertiary/aromatic N) is 4. The van der Waals surface area contributed by atoms with E-state index in [1.54, 1.807) is 55.6 Å². The number of benzene rings is 2. The Morgan fingerprint density at radius 2 is 1.57 bits per heavy atom. The van der Waals surface area contributed by atoms with Gasteiger partial charge in [-0.05, 0) is 55.5 Å². The maximum absolute atomic E-state index is 12.7. The zero-order valence-electron chi connectivity index (χ0n) is 16.0. The van der Waals surface area contributed by atoms with Crippen molar-refractivity contribution in [1.29, 1.82) is 0 Å². The molecule has 0 aliphatic rings. The number of carbonyl (C=O) groups excluding carboxylic acids is 1. The number of methoxy groups -OCH3 is 2. The third-order valence-corrected chi connectivity index (χ3v) is 4.10. The molecule has 0 saturated heterocycles. The van der Waals surface area contributed by atoms with Gasteiger partial charge in [0.1, 0.15) is 11.5 Å². The van der Waals surface area contributed by atoms with E-state index in [1.807, 2.05) is 13.8 Å². The highest BCUT2D eigenvalue weighted by Crippen LogP contribution is 2.17. The minimum absolute atomic E-state index is 0.0692. The number of hydrogen-bond acceptors (Lipinski definition) is 7. The molecule has 28 heavy (non-hydrogen) atoms. The molecule has 0 aliphatic heterocycles. The third-order valence-electron chi connectivity index (χ3n) is 4.10. The summed E-state index contributed by atoms with van der Waals surface area (Å²) in [6, 6.07) is 13.7. The minimum Gasteiger partial charge on any atom is -0.497 e. The molecule has 144 valence electrons. The van der Waals surface area contributed by atoms with E-state index in [9.17, 15) is 4.79 Å². The molecule has 0 N–H and O–H groups in total. The molecule has 8 nitrogen and oxygen atoms in total. The van der Waals surface area contributed by atoms with Crippen molar-refractivity contribution in [3.8, 4) is 11.5 Å². The van der Waals surface area contributed by atoms with Gasteiger partial charge in [0.25, 0.3) is 0 Å². The van der Waals surface area contributed by atoms with Gasteiger partial charge in [0.15, 0.2) is 0 Å². The van der Waals surface area contributed by atoms with E-state index in [0.717, 1.165) is 11.4 Å². The second-order valence-electron chi connectivity index (χ2n) is 5.91. The standard InChI is InChI=1S/C20H20N4O4/c1-13-14(2)24(23-21-13)22-19(15-7-5-9-17(11-15)26-3)28-20(25)16-8-6-10-18(12-16)27-4/h5-12H,1-4H3. The molecule has 2 aromatic carbocycles. The molecule has 8 heteroatoms. The third kappa shape index (κ3) is 4.17. The lowest BCUT2D eigenvalue weighted by atomic mass is 10.2. The van der Waals surface area contributed by atoms with Crippen LogP contribution >= 0.6 is 0 Å². The Bertz CT molecular complexity index is 1030. The lowest BCUT2D eigenvalue weighted by molar-refractivity contribution is 0.0716.